The van der Waals surface area contributed by atoms with Crippen LogP contribution in [0, 0.1) is 18.6 Å². The van der Waals surface area contributed by atoms with Gasteiger partial charge in [-0.3, -0.25) is 0 Å². The molecule has 1 aromatic heterocycles. The molecule has 1 N–H and O–H groups in total. The minimum Gasteiger partial charge on any atom is -0.478 e. The molecule has 0 saturated carbocycles. The van der Waals surface area contributed by atoms with Crippen molar-refractivity contribution in [2.75, 3.05) is 11.9 Å². The van der Waals surface area contributed by atoms with Crippen molar-refractivity contribution in [3.63, 3.8) is 0 Å². The smallest absolute Gasteiger partial charge is 0.226 e. The van der Waals surface area contributed by atoms with Crippen molar-refractivity contribution in [3.8, 4) is 5.88 Å². The highest BCUT2D eigenvalue weighted by Gasteiger charge is 2.05. The summed E-state index contributed by atoms with van der Waals surface area (Å²) in [6, 6.07) is 5.47. The van der Waals surface area contributed by atoms with Gasteiger partial charge >= 0.3 is 0 Å². The molecule has 1 heterocycles. The second kappa shape index (κ2) is 6.27. The van der Waals surface area contributed by atoms with Crippen LogP contribution in [-0.4, -0.2) is 16.6 Å². The molecule has 0 saturated heterocycles. The average Bonchev–Trinajstić information content (AvgIpc) is 2.40. The van der Waals surface area contributed by atoms with Crippen molar-refractivity contribution in [2.45, 2.75) is 20.4 Å². The number of hydrogen-bond acceptors (Lipinski definition) is 4. The molecule has 1 aromatic carbocycles. The van der Waals surface area contributed by atoms with Crippen molar-refractivity contribution in [1.82, 2.24) is 9.97 Å². The van der Waals surface area contributed by atoms with Crippen LogP contribution in [-0.2, 0) is 6.54 Å². The van der Waals surface area contributed by atoms with E-state index in [0.29, 0.717) is 30.5 Å². The highest BCUT2D eigenvalue weighted by molar-refractivity contribution is 5.32. The largest absolute Gasteiger partial charge is 0.478 e. The molecule has 0 aliphatic carbocycles. The van der Waals surface area contributed by atoms with Crippen LogP contribution in [0.1, 0.15) is 18.2 Å². The van der Waals surface area contributed by atoms with Crippen molar-refractivity contribution in [2.24, 2.45) is 0 Å². The molecule has 0 fully saturated rings. The predicted molar refractivity (Wildman–Crippen MR) is 71.6 cm³/mol. The molecular formula is C14H15F2N3O. The number of aromatic nitrogens is 2. The Balaban J connectivity index is 2.08. The maximum atomic E-state index is 13.1. The van der Waals surface area contributed by atoms with Gasteiger partial charge in [0, 0.05) is 18.3 Å². The zero-order valence-electron chi connectivity index (χ0n) is 11.3. The molecule has 0 radical (unpaired) electrons. The molecular weight excluding hydrogens is 264 g/mol. The zero-order valence-corrected chi connectivity index (χ0v) is 11.3. The van der Waals surface area contributed by atoms with E-state index >= 15 is 0 Å². The van der Waals surface area contributed by atoms with E-state index in [1.54, 1.807) is 6.07 Å². The number of rotatable bonds is 5. The van der Waals surface area contributed by atoms with Crippen LogP contribution in [0.3, 0.4) is 0 Å². The molecule has 4 nitrogen and oxygen atoms in total. The summed E-state index contributed by atoms with van der Waals surface area (Å²) in [6.45, 7) is 4.50. The highest BCUT2D eigenvalue weighted by atomic mass is 19.2. The lowest BCUT2D eigenvalue weighted by Crippen LogP contribution is -2.06. The summed E-state index contributed by atoms with van der Waals surface area (Å²) in [7, 11) is 0. The van der Waals surface area contributed by atoms with Crippen LogP contribution in [0.15, 0.2) is 24.3 Å². The lowest BCUT2D eigenvalue weighted by Gasteiger charge is -2.08. The van der Waals surface area contributed by atoms with Crippen LogP contribution in [0.2, 0.25) is 0 Å². The summed E-state index contributed by atoms with van der Waals surface area (Å²) < 4.78 is 31.2. The van der Waals surface area contributed by atoms with Crippen LogP contribution in [0.4, 0.5) is 14.7 Å². The number of hydrogen-bond donors (Lipinski definition) is 1. The van der Waals surface area contributed by atoms with E-state index in [-0.39, 0.29) is 0 Å². The molecule has 0 aliphatic rings. The fourth-order valence-electron chi connectivity index (χ4n) is 1.67. The lowest BCUT2D eigenvalue weighted by molar-refractivity contribution is 0.326. The Morgan fingerprint density at radius 3 is 2.65 bits per heavy atom. The van der Waals surface area contributed by atoms with Gasteiger partial charge in [0.05, 0.1) is 6.61 Å². The molecule has 0 unspecified atom stereocenters. The molecule has 2 aromatic rings. The van der Waals surface area contributed by atoms with Crippen LogP contribution in [0.25, 0.3) is 0 Å². The van der Waals surface area contributed by atoms with Gasteiger partial charge in [0.15, 0.2) is 11.6 Å². The second-order valence-electron chi connectivity index (χ2n) is 4.21. The van der Waals surface area contributed by atoms with E-state index < -0.39 is 11.6 Å². The number of anilines is 1. The average molecular weight is 279 g/mol. The van der Waals surface area contributed by atoms with Gasteiger partial charge < -0.3 is 10.1 Å². The van der Waals surface area contributed by atoms with Gasteiger partial charge in [0.1, 0.15) is 0 Å². The summed E-state index contributed by atoms with van der Waals surface area (Å²) in [4.78, 5) is 8.37. The van der Waals surface area contributed by atoms with Gasteiger partial charge in [-0.15, -0.1) is 0 Å². The third kappa shape index (κ3) is 3.63. The number of nitrogens with zero attached hydrogens (tertiary/aromatic N) is 2. The summed E-state index contributed by atoms with van der Waals surface area (Å²) in [5, 5.41) is 2.96. The van der Waals surface area contributed by atoms with E-state index in [9.17, 15) is 8.78 Å². The van der Waals surface area contributed by atoms with Crippen molar-refractivity contribution >= 4 is 5.95 Å². The molecule has 0 aliphatic heterocycles. The topological polar surface area (TPSA) is 47.0 Å². The third-order valence-corrected chi connectivity index (χ3v) is 2.56. The van der Waals surface area contributed by atoms with Gasteiger partial charge in [-0.25, -0.2) is 13.8 Å². The highest BCUT2D eigenvalue weighted by Crippen LogP contribution is 2.14. The fourth-order valence-corrected chi connectivity index (χ4v) is 1.67. The Bertz CT molecular complexity index is 605. The summed E-state index contributed by atoms with van der Waals surface area (Å²) in [6.07, 6.45) is 0. The van der Waals surface area contributed by atoms with Gasteiger partial charge in [-0.05, 0) is 31.5 Å². The SMILES string of the molecule is CCOc1cc(C)nc(NCc2ccc(F)c(F)c2)n1. The Labute approximate surface area is 115 Å². The van der Waals surface area contributed by atoms with Crippen LogP contribution < -0.4 is 10.1 Å². The van der Waals surface area contributed by atoms with E-state index in [1.807, 2.05) is 13.8 Å². The Hall–Kier alpha value is -2.24. The standard InChI is InChI=1S/C14H15F2N3O/c1-3-20-13-6-9(2)18-14(19-13)17-8-10-4-5-11(15)12(16)7-10/h4-7H,3,8H2,1-2H3,(H,17,18,19). The monoisotopic (exact) mass is 279 g/mol. The maximum absolute atomic E-state index is 13.1. The van der Waals surface area contributed by atoms with E-state index in [2.05, 4.69) is 15.3 Å². The Morgan fingerprint density at radius 1 is 1.15 bits per heavy atom. The first-order valence-electron chi connectivity index (χ1n) is 6.24. The first kappa shape index (κ1) is 14.2. The van der Waals surface area contributed by atoms with Crippen molar-refractivity contribution in [3.05, 3.63) is 47.2 Å². The van der Waals surface area contributed by atoms with E-state index in [1.165, 1.54) is 6.07 Å². The van der Waals surface area contributed by atoms with E-state index in [4.69, 9.17) is 4.74 Å². The predicted octanol–water partition coefficient (Wildman–Crippen LogP) is 3.07. The summed E-state index contributed by atoms with van der Waals surface area (Å²) in [5.74, 6) is -0.866. The van der Waals surface area contributed by atoms with E-state index in [0.717, 1.165) is 17.8 Å². The van der Waals surface area contributed by atoms with Gasteiger partial charge in [0.2, 0.25) is 11.8 Å². The van der Waals surface area contributed by atoms with Crippen molar-refractivity contribution in [1.29, 1.82) is 0 Å². The number of aryl methyl sites for hydroxylation is 1. The zero-order chi connectivity index (χ0) is 14.5. The molecule has 106 valence electrons. The first-order chi connectivity index (χ1) is 9.58. The first-order valence-corrected chi connectivity index (χ1v) is 6.24. The van der Waals surface area contributed by atoms with Crippen LogP contribution >= 0.6 is 0 Å². The quantitative estimate of drug-likeness (QED) is 0.913. The Morgan fingerprint density at radius 2 is 1.95 bits per heavy atom. The molecule has 6 heteroatoms. The molecule has 0 bridgehead atoms. The molecule has 0 spiro atoms. The number of ether oxygens (including phenoxy) is 1. The second-order valence-corrected chi connectivity index (χ2v) is 4.21. The van der Waals surface area contributed by atoms with Crippen LogP contribution in [0.5, 0.6) is 5.88 Å². The summed E-state index contributed by atoms with van der Waals surface area (Å²) in [5.41, 5.74) is 1.36. The molecule has 0 amide bonds. The fraction of sp³-hybridized carbons (Fsp3) is 0.286. The number of benzene rings is 1. The molecule has 2 rings (SSSR count). The number of halogens is 2. The molecule has 20 heavy (non-hydrogen) atoms. The lowest BCUT2D eigenvalue weighted by atomic mass is 10.2. The van der Waals surface area contributed by atoms with Gasteiger partial charge in [0.25, 0.3) is 0 Å². The minimum atomic E-state index is -0.871. The maximum Gasteiger partial charge on any atom is 0.226 e. The minimum absolute atomic E-state index is 0.298. The van der Waals surface area contributed by atoms with Crippen molar-refractivity contribution < 1.29 is 13.5 Å². The van der Waals surface area contributed by atoms with Gasteiger partial charge in [-0.2, -0.15) is 4.98 Å². The normalized spacial score (nSPS) is 10.4. The Kier molecular flexibility index (Phi) is 4.45. The number of nitrogens with one attached hydrogen (secondary N) is 1. The van der Waals surface area contributed by atoms with Gasteiger partial charge in [-0.1, -0.05) is 6.07 Å². The molecule has 0 atom stereocenters. The summed E-state index contributed by atoms with van der Waals surface area (Å²) >= 11 is 0. The third-order valence-electron chi connectivity index (χ3n) is 2.56.